The van der Waals surface area contributed by atoms with Gasteiger partial charge in [0.25, 0.3) is 0 Å². The normalized spacial score (nSPS) is 10.8. The van der Waals surface area contributed by atoms with Crippen LogP contribution in [0.4, 0.5) is 0 Å². The summed E-state index contributed by atoms with van der Waals surface area (Å²) in [5.74, 6) is 1.01. The molecule has 9 heteroatoms. The summed E-state index contributed by atoms with van der Waals surface area (Å²) < 4.78 is 0.734. The summed E-state index contributed by atoms with van der Waals surface area (Å²) in [4.78, 5) is 23.7. The molecule has 6 nitrogen and oxygen atoms in total. The van der Waals surface area contributed by atoms with Gasteiger partial charge in [0.15, 0.2) is 5.82 Å². The van der Waals surface area contributed by atoms with Crippen LogP contribution in [0.2, 0.25) is 4.34 Å². The average Bonchev–Trinajstić information content (AvgIpc) is 3.27. The van der Waals surface area contributed by atoms with Crippen LogP contribution in [0.3, 0.4) is 0 Å². The summed E-state index contributed by atoms with van der Waals surface area (Å²) in [6, 6.07) is 7.51. The van der Waals surface area contributed by atoms with Gasteiger partial charge in [-0.25, -0.2) is 4.98 Å². The third kappa shape index (κ3) is 4.81. The van der Waals surface area contributed by atoms with E-state index in [1.165, 1.54) is 23.1 Å². The highest BCUT2D eigenvalue weighted by Gasteiger charge is 2.15. The van der Waals surface area contributed by atoms with Gasteiger partial charge in [-0.15, -0.1) is 16.4 Å². The van der Waals surface area contributed by atoms with Crippen molar-refractivity contribution in [2.75, 3.05) is 12.3 Å². The number of aromatic amines is 1. The zero-order chi connectivity index (χ0) is 17.6. The Bertz CT molecular complexity index is 836. The van der Waals surface area contributed by atoms with E-state index in [9.17, 15) is 4.79 Å². The van der Waals surface area contributed by atoms with Gasteiger partial charge in [-0.3, -0.25) is 14.9 Å². The number of thioether (sulfide) groups is 1. The summed E-state index contributed by atoms with van der Waals surface area (Å²) in [5, 5.41) is 7.59. The molecule has 0 unspecified atom stereocenters. The summed E-state index contributed by atoms with van der Waals surface area (Å²) in [6.45, 7) is 3.18. The summed E-state index contributed by atoms with van der Waals surface area (Å²) in [6.07, 6.45) is 3.40. The van der Waals surface area contributed by atoms with Gasteiger partial charge in [-0.05, 0) is 31.2 Å². The Labute approximate surface area is 158 Å². The van der Waals surface area contributed by atoms with Crippen molar-refractivity contribution in [2.24, 2.45) is 0 Å². The zero-order valence-corrected chi connectivity index (χ0v) is 15.9. The van der Waals surface area contributed by atoms with Crippen molar-refractivity contribution in [1.82, 2.24) is 25.1 Å². The number of H-pyrrole nitrogens is 1. The first-order chi connectivity index (χ1) is 12.2. The molecule has 0 aliphatic heterocycles. The molecule has 0 fully saturated rings. The number of carbonyl (C=O) groups excluding carboxylic acids is 1. The first-order valence-electron chi connectivity index (χ1n) is 7.63. The molecule has 130 valence electrons. The SMILES string of the molecule is CCN(Cc1ccc(Cl)s1)C(=O)CSc1n[nH]c(-c2ccncc2)n1. The minimum Gasteiger partial charge on any atom is -0.337 e. The van der Waals surface area contributed by atoms with Crippen LogP contribution in [0.5, 0.6) is 0 Å². The minimum atomic E-state index is 0.0484. The lowest BCUT2D eigenvalue weighted by atomic mass is 10.3. The fourth-order valence-electron chi connectivity index (χ4n) is 2.17. The molecule has 0 aliphatic carbocycles. The van der Waals surface area contributed by atoms with Gasteiger partial charge in [0.05, 0.1) is 16.6 Å². The number of hydrogen-bond acceptors (Lipinski definition) is 6. The van der Waals surface area contributed by atoms with Crippen LogP contribution < -0.4 is 0 Å². The summed E-state index contributed by atoms with van der Waals surface area (Å²) in [7, 11) is 0. The average molecular weight is 394 g/mol. The Kier molecular flexibility index (Phi) is 6.06. The Hall–Kier alpha value is -1.90. The first-order valence-corrected chi connectivity index (χ1v) is 9.81. The number of nitrogens with zero attached hydrogens (tertiary/aromatic N) is 4. The topological polar surface area (TPSA) is 74.8 Å². The molecule has 0 saturated carbocycles. The van der Waals surface area contributed by atoms with Crippen LogP contribution in [-0.2, 0) is 11.3 Å². The Morgan fingerprint density at radius 1 is 1.32 bits per heavy atom. The number of halogens is 1. The molecule has 0 bridgehead atoms. The van der Waals surface area contributed by atoms with Gasteiger partial charge < -0.3 is 4.90 Å². The van der Waals surface area contributed by atoms with Crippen LogP contribution >= 0.6 is 34.7 Å². The monoisotopic (exact) mass is 393 g/mol. The molecular weight excluding hydrogens is 378 g/mol. The van der Waals surface area contributed by atoms with E-state index in [1.807, 2.05) is 31.2 Å². The molecule has 25 heavy (non-hydrogen) atoms. The van der Waals surface area contributed by atoms with Crippen LogP contribution in [0.25, 0.3) is 11.4 Å². The number of thiophene rings is 1. The lowest BCUT2D eigenvalue weighted by Gasteiger charge is -2.19. The number of aromatic nitrogens is 4. The molecule has 3 rings (SSSR count). The number of carbonyl (C=O) groups is 1. The second kappa shape index (κ2) is 8.46. The van der Waals surface area contributed by atoms with E-state index in [4.69, 9.17) is 11.6 Å². The van der Waals surface area contributed by atoms with Crippen molar-refractivity contribution in [1.29, 1.82) is 0 Å². The molecule has 1 amide bonds. The quantitative estimate of drug-likeness (QED) is 0.619. The van der Waals surface area contributed by atoms with E-state index >= 15 is 0 Å². The lowest BCUT2D eigenvalue weighted by Crippen LogP contribution is -2.31. The standard InChI is InChI=1S/C16H16ClN5OS2/c1-2-22(9-12-3-4-13(17)25-12)14(23)10-24-16-19-15(20-21-16)11-5-7-18-8-6-11/h3-8H,2,9-10H2,1H3,(H,19,20,21). The van der Waals surface area contributed by atoms with Crippen LogP contribution in [0, 0.1) is 0 Å². The molecule has 3 aromatic rings. The molecule has 0 atom stereocenters. The third-order valence-electron chi connectivity index (χ3n) is 3.45. The van der Waals surface area contributed by atoms with E-state index in [2.05, 4.69) is 20.2 Å². The van der Waals surface area contributed by atoms with Gasteiger partial charge in [0.1, 0.15) is 0 Å². The fourth-order valence-corrected chi connectivity index (χ4v) is 3.97. The molecular formula is C16H16ClN5OS2. The van der Waals surface area contributed by atoms with E-state index in [1.54, 1.807) is 17.3 Å². The maximum Gasteiger partial charge on any atom is 0.233 e. The second-order valence-corrected chi connectivity index (χ2v) is 7.85. The maximum atomic E-state index is 12.4. The van der Waals surface area contributed by atoms with Crippen molar-refractivity contribution in [3.05, 3.63) is 45.9 Å². The molecule has 0 aliphatic rings. The molecule has 3 heterocycles. The second-order valence-electron chi connectivity index (χ2n) is 5.10. The molecule has 0 aromatic carbocycles. The van der Waals surface area contributed by atoms with Gasteiger partial charge in [0, 0.05) is 29.4 Å². The van der Waals surface area contributed by atoms with Gasteiger partial charge in [-0.2, -0.15) is 0 Å². The van der Waals surface area contributed by atoms with Crippen molar-refractivity contribution >= 4 is 40.6 Å². The van der Waals surface area contributed by atoms with E-state index < -0.39 is 0 Å². The number of hydrogen-bond donors (Lipinski definition) is 1. The van der Waals surface area contributed by atoms with Gasteiger partial charge in [0.2, 0.25) is 11.1 Å². The number of rotatable bonds is 7. The van der Waals surface area contributed by atoms with Crippen molar-refractivity contribution in [3.63, 3.8) is 0 Å². The van der Waals surface area contributed by atoms with Crippen molar-refractivity contribution < 1.29 is 4.79 Å². The van der Waals surface area contributed by atoms with Crippen LogP contribution in [-0.4, -0.2) is 43.3 Å². The van der Waals surface area contributed by atoms with Crippen LogP contribution in [0.1, 0.15) is 11.8 Å². The lowest BCUT2D eigenvalue weighted by molar-refractivity contribution is -0.128. The first kappa shape index (κ1) is 17.9. The highest BCUT2D eigenvalue weighted by atomic mass is 35.5. The Morgan fingerprint density at radius 2 is 2.12 bits per heavy atom. The predicted molar refractivity (Wildman–Crippen MR) is 101 cm³/mol. The Balaban J connectivity index is 1.57. The maximum absolute atomic E-state index is 12.4. The molecule has 0 radical (unpaired) electrons. The van der Waals surface area contributed by atoms with E-state index in [0.717, 1.165) is 14.8 Å². The zero-order valence-electron chi connectivity index (χ0n) is 13.5. The van der Waals surface area contributed by atoms with Gasteiger partial charge in [-0.1, -0.05) is 23.4 Å². The third-order valence-corrected chi connectivity index (χ3v) is 5.50. The molecule has 1 N–H and O–H groups in total. The Morgan fingerprint density at radius 3 is 2.80 bits per heavy atom. The van der Waals surface area contributed by atoms with E-state index in [-0.39, 0.29) is 5.91 Å². The number of amides is 1. The highest BCUT2D eigenvalue weighted by Crippen LogP contribution is 2.23. The molecule has 3 aromatic heterocycles. The fraction of sp³-hybridized carbons (Fsp3) is 0.250. The van der Waals surface area contributed by atoms with Crippen molar-refractivity contribution in [2.45, 2.75) is 18.6 Å². The molecule has 0 saturated heterocycles. The van der Waals surface area contributed by atoms with Crippen molar-refractivity contribution in [3.8, 4) is 11.4 Å². The van der Waals surface area contributed by atoms with Crippen LogP contribution in [0.15, 0.2) is 41.8 Å². The highest BCUT2D eigenvalue weighted by molar-refractivity contribution is 7.99. The summed E-state index contributed by atoms with van der Waals surface area (Å²) >= 11 is 8.76. The van der Waals surface area contributed by atoms with Gasteiger partial charge >= 0.3 is 0 Å². The number of pyridine rings is 1. The largest absolute Gasteiger partial charge is 0.337 e. The smallest absolute Gasteiger partial charge is 0.233 e. The summed E-state index contributed by atoms with van der Waals surface area (Å²) in [5.41, 5.74) is 0.908. The molecule has 0 spiro atoms. The predicted octanol–water partition coefficient (Wildman–Crippen LogP) is 3.72. The number of nitrogens with one attached hydrogen (secondary N) is 1. The van der Waals surface area contributed by atoms with E-state index in [0.29, 0.717) is 29.8 Å². The minimum absolute atomic E-state index is 0.0484.